The third-order valence-corrected chi connectivity index (χ3v) is 1.65. The molecule has 0 aromatic heterocycles. The average molecular weight is 147 g/mol. The van der Waals surface area contributed by atoms with Crippen LogP contribution in [0.5, 0.6) is 0 Å². The van der Waals surface area contributed by atoms with Crippen LogP contribution in [0, 0.1) is 0 Å². The molecule has 0 aliphatic carbocycles. The fraction of sp³-hybridized carbons (Fsp3) is 1.00. The van der Waals surface area contributed by atoms with E-state index in [9.17, 15) is 5.11 Å². The Morgan fingerprint density at radius 1 is 1.20 bits per heavy atom. The van der Waals surface area contributed by atoms with Crippen LogP contribution in [-0.4, -0.2) is 38.1 Å². The molecule has 0 bridgehead atoms. The van der Waals surface area contributed by atoms with Gasteiger partial charge in [0.25, 0.3) is 0 Å². The molecule has 0 aliphatic heterocycles. The lowest BCUT2D eigenvalue weighted by molar-refractivity contribution is -0.0127. The summed E-state index contributed by atoms with van der Waals surface area (Å²) >= 11 is 0. The molecule has 0 heterocycles. The molecule has 0 fully saturated rings. The summed E-state index contributed by atoms with van der Waals surface area (Å²) in [7, 11) is 5.28. The van der Waals surface area contributed by atoms with Gasteiger partial charge in [-0.1, -0.05) is 0 Å². The highest BCUT2D eigenvalue weighted by Crippen LogP contribution is 1.99. The van der Waals surface area contributed by atoms with E-state index in [2.05, 4.69) is 16.0 Å². The molecule has 0 rings (SSSR count). The van der Waals surface area contributed by atoms with Gasteiger partial charge in [0.15, 0.2) is 0 Å². The number of aliphatic hydroxyl groups is 1. The lowest BCUT2D eigenvalue weighted by Crippen LogP contribution is -2.61. The quantitative estimate of drug-likeness (QED) is 0.373. The molecule has 0 aromatic carbocycles. The van der Waals surface area contributed by atoms with Gasteiger partial charge in [-0.3, -0.25) is 5.32 Å². The summed E-state index contributed by atoms with van der Waals surface area (Å²) in [5, 5.41) is 18.2. The molecular formula is C6H17N3O. The Bertz CT molecular complexity index is 91.0. The minimum absolute atomic E-state index is 0.141. The van der Waals surface area contributed by atoms with Crippen molar-refractivity contribution >= 4 is 0 Å². The molecule has 62 valence electrons. The maximum Gasteiger partial charge on any atom is 0.141 e. The van der Waals surface area contributed by atoms with Crippen LogP contribution in [0.4, 0.5) is 0 Å². The lowest BCUT2D eigenvalue weighted by atomic mass is 10.2. The highest BCUT2D eigenvalue weighted by Gasteiger charge is 2.26. The fourth-order valence-corrected chi connectivity index (χ4v) is 0.851. The molecule has 0 saturated heterocycles. The second-order valence-electron chi connectivity index (χ2n) is 2.41. The zero-order chi connectivity index (χ0) is 8.20. The molecule has 4 heteroatoms. The van der Waals surface area contributed by atoms with Gasteiger partial charge in [-0.2, -0.15) is 0 Å². The molecule has 0 radical (unpaired) electrons. The first kappa shape index (κ1) is 9.84. The first-order valence-corrected chi connectivity index (χ1v) is 3.34. The molecule has 0 aliphatic rings. The van der Waals surface area contributed by atoms with E-state index < -0.39 is 5.72 Å². The summed E-state index contributed by atoms with van der Waals surface area (Å²) in [5.41, 5.74) is -0.913. The zero-order valence-corrected chi connectivity index (χ0v) is 7.02. The smallest absolute Gasteiger partial charge is 0.141 e. The number of hydrogen-bond acceptors (Lipinski definition) is 4. The normalized spacial score (nSPS) is 17.4. The fourth-order valence-electron chi connectivity index (χ4n) is 0.851. The van der Waals surface area contributed by atoms with E-state index in [1.54, 1.807) is 28.1 Å². The molecule has 4 N–H and O–H groups in total. The summed E-state index contributed by atoms with van der Waals surface area (Å²) in [5.74, 6) is 0. The van der Waals surface area contributed by atoms with Crippen molar-refractivity contribution in [2.45, 2.75) is 18.8 Å². The first-order chi connectivity index (χ1) is 4.58. The maximum atomic E-state index is 9.55. The minimum atomic E-state index is -0.913. The van der Waals surface area contributed by atoms with Gasteiger partial charge in [-0.15, -0.1) is 0 Å². The Labute approximate surface area is 62.0 Å². The van der Waals surface area contributed by atoms with Crippen molar-refractivity contribution in [1.29, 1.82) is 0 Å². The first-order valence-electron chi connectivity index (χ1n) is 3.34. The summed E-state index contributed by atoms with van der Waals surface area (Å²) in [6, 6.07) is 0. The second-order valence-corrected chi connectivity index (χ2v) is 2.41. The summed E-state index contributed by atoms with van der Waals surface area (Å²) in [6.45, 7) is 1.70. The number of rotatable bonds is 4. The largest absolute Gasteiger partial charge is 0.373 e. The Hall–Kier alpha value is -0.160. The van der Waals surface area contributed by atoms with Crippen LogP contribution in [0.1, 0.15) is 6.92 Å². The van der Waals surface area contributed by atoms with E-state index in [1.165, 1.54) is 0 Å². The maximum absolute atomic E-state index is 9.55. The Balaban J connectivity index is 3.97. The molecule has 4 nitrogen and oxygen atoms in total. The van der Waals surface area contributed by atoms with E-state index in [0.717, 1.165) is 0 Å². The minimum Gasteiger partial charge on any atom is -0.373 e. The van der Waals surface area contributed by atoms with Crippen molar-refractivity contribution in [2.24, 2.45) is 0 Å². The zero-order valence-electron chi connectivity index (χ0n) is 7.02. The van der Waals surface area contributed by atoms with Gasteiger partial charge in [-0.25, -0.2) is 0 Å². The summed E-state index contributed by atoms with van der Waals surface area (Å²) in [6.07, 6.45) is -0.141. The van der Waals surface area contributed by atoms with Gasteiger partial charge in [-0.05, 0) is 28.1 Å². The van der Waals surface area contributed by atoms with Crippen LogP contribution in [0.3, 0.4) is 0 Å². The molecule has 1 atom stereocenters. The lowest BCUT2D eigenvalue weighted by Gasteiger charge is -2.31. The number of likely N-dealkylation sites (N-methyl/N-ethyl adjacent to an activating group) is 3. The Morgan fingerprint density at radius 3 is 1.70 bits per heavy atom. The van der Waals surface area contributed by atoms with E-state index in [4.69, 9.17) is 0 Å². The van der Waals surface area contributed by atoms with Crippen molar-refractivity contribution in [3.8, 4) is 0 Å². The van der Waals surface area contributed by atoms with Crippen LogP contribution in [0.2, 0.25) is 0 Å². The van der Waals surface area contributed by atoms with Crippen molar-refractivity contribution in [3.63, 3.8) is 0 Å². The second kappa shape index (κ2) is 3.88. The average Bonchev–Trinajstić information content (AvgIpc) is 1.90. The molecule has 0 saturated carbocycles. The van der Waals surface area contributed by atoms with Gasteiger partial charge in [0.1, 0.15) is 11.9 Å². The number of hydrogen-bond donors (Lipinski definition) is 4. The third-order valence-electron chi connectivity index (χ3n) is 1.65. The van der Waals surface area contributed by atoms with Crippen LogP contribution < -0.4 is 16.0 Å². The highest BCUT2D eigenvalue weighted by atomic mass is 16.3. The van der Waals surface area contributed by atoms with E-state index >= 15 is 0 Å². The molecule has 0 aromatic rings. The molecule has 0 amide bonds. The van der Waals surface area contributed by atoms with Crippen LogP contribution in [-0.2, 0) is 0 Å². The van der Waals surface area contributed by atoms with Crippen molar-refractivity contribution in [2.75, 3.05) is 21.1 Å². The SMILES string of the molecule is CNC(NC)C(C)(O)NC. The summed E-state index contributed by atoms with van der Waals surface area (Å²) in [4.78, 5) is 0. The Morgan fingerprint density at radius 2 is 1.60 bits per heavy atom. The molecule has 10 heavy (non-hydrogen) atoms. The van der Waals surface area contributed by atoms with Gasteiger partial charge < -0.3 is 15.7 Å². The summed E-state index contributed by atoms with van der Waals surface area (Å²) < 4.78 is 0. The van der Waals surface area contributed by atoms with Gasteiger partial charge in [0.2, 0.25) is 0 Å². The van der Waals surface area contributed by atoms with E-state index in [0.29, 0.717) is 0 Å². The van der Waals surface area contributed by atoms with Crippen molar-refractivity contribution < 1.29 is 5.11 Å². The third kappa shape index (κ3) is 2.22. The Kier molecular flexibility index (Phi) is 3.81. The van der Waals surface area contributed by atoms with Gasteiger partial charge in [0.05, 0.1) is 0 Å². The molecule has 1 unspecified atom stereocenters. The van der Waals surface area contributed by atoms with E-state index in [-0.39, 0.29) is 6.17 Å². The van der Waals surface area contributed by atoms with E-state index in [1.807, 2.05) is 0 Å². The highest BCUT2D eigenvalue weighted by molar-refractivity contribution is 4.79. The van der Waals surface area contributed by atoms with Crippen LogP contribution in [0.15, 0.2) is 0 Å². The molecular weight excluding hydrogens is 130 g/mol. The standard InChI is InChI=1S/C6H17N3O/c1-6(10,9-4)5(7-2)8-3/h5,7-10H,1-4H3. The van der Waals surface area contributed by atoms with Gasteiger partial charge >= 0.3 is 0 Å². The number of nitrogens with one attached hydrogen (secondary N) is 3. The monoisotopic (exact) mass is 147 g/mol. The van der Waals surface area contributed by atoms with Crippen molar-refractivity contribution in [3.05, 3.63) is 0 Å². The van der Waals surface area contributed by atoms with Crippen LogP contribution >= 0.6 is 0 Å². The van der Waals surface area contributed by atoms with Gasteiger partial charge in [0, 0.05) is 0 Å². The van der Waals surface area contributed by atoms with Crippen LogP contribution in [0.25, 0.3) is 0 Å². The topological polar surface area (TPSA) is 56.3 Å². The van der Waals surface area contributed by atoms with Crippen molar-refractivity contribution in [1.82, 2.24) is 16.0 Å². The predicted octanol–water partition coefficient (Wildman–Crippen LogP) is -1.32. The molecule has 0 spiro atoms. The predicted molar refractivity (Wildman–Crippen MR) is 41.6 cm³/mol.